The van der Waals surface area contributed by atoms with E-state index in [1.165, 1.54) is 12.1 Å². The molecule has 4 rings (SSSR count). The van der Waals surface area contributed by atoms with Crippen LogP contribution in [0.2, 0.25) is 0 Å². The zero-order chi connectivity index (χ0) is 18.3. The first-order chi connectivity index (χ1) is 12.4. The fourth-order valence-corrected chi connectivity index (χ4v) is 2.67. The van der Waals surface area contributed by atoms with Gasteiger partial charge in [0.25, 0.3) is 0 Å². The first-order valence-electron chi connectivity index (χ1n) is 7.61. The summed E-state index contributed by atoms with van der Waals surface area (Å²) in [7, 11) is 0. The molecule has 0 unspecified atom stereocenters. The lowest BCUT2D eigenvalue weighted by Gasteiger charge is -2.01. The zero-order valence-corrected chi connectivity index (χ0v) is 13.1. The van der Waals surface area contributed by atoms with E-state index in [4.69, 9.17) is 0 Å². The summed E-state index contributed by atoms with van der Waals surface area (Å²) in [6.45, 7) is 0. The van der Waals surface area contributed by atoms with Gasteiger partial charge >= 0.3 is 6.18 Å². The summed E-state index contributed by atoms with van der Waals surface area (Å²) in [5.74, 6) is -0.442. The molecule has 0 saturated heterocycles. The Morgan fingerprint density at radius 3 is 2.35 bits per heavy atom. The van der Waals surface area contributed by atoms with E-state index in [1.807, 2.05) is 0 Å². The number of alkyl halides is 3. The summed E-state index contributed by atoms with van der Waals surface area (Å²) in [6, 6.07) is 11.0. The largest absolute Gasteiger partial charge is 0.396 e. The highest BCUT2D eigenvalue weighted by Crippen LogP contribution is 2.30. The first kappa shape index (κ1) is 16.2. The van der Waals surface area contributed by atoms with Crippen LogP contribution in [0.15, 0.2) is 42.5 Å². The Balaban J connectivity index is 1.73. The molecule has 0 atom stereocenters. The van der Waals surface area contributed by atoms with E-state index in [0.29, 0.717) is 16.8 Å². The molecule has 0 spiro atoms. The normalized spacial score (nSPS) is 12.0. The number of halogens is 4. The Hall–Kier alpha value is -3.23. The number of benzene rings is 2. The third-order valence-electron chi connectivity index (χ3n) is 3.84. The van der Waals surface area contributed by atoms with Crippen LogP contribution in [0.5, 0.6) is 0 Å². The maximum atomic E-state index is 13.1. The fourth-order valence-electron chi connectivity index (χ4n) is 2.67. The minimum absolute atomic E-state index is 0.164. The second-order valence-corrected chi connectivity index (χ2v) is 5.74. The maximum Gasteiger partial charge on any atom is 0.396 e. The lowest BCUT2D eigenvalue weighted by Crippen LogP contribution is -2.12. The fraction of sp³-hybridized carbons (Fsp3) is 0.118. The van der Waals surface area contributed by atoms with Crippen LogP contribution in [0.3, 0.4) is 0 Å². The summed E-state index contributed by atoms with van der Waals surface area (Å²) in [6.07, 6.45) is -5.53. The molecule has 2 aromatic heterocycles. The summed E-state index contributed by atoms with van der Waals surface area (Å²) in [4.78, 5) is 3.90. The Bertz CT molecular complexity index is 1060. The number of aromatic amines is 2. The van der Waals surface area contributed by atoms with Gasteiger partial charge in [0.15, 0.2) is 5.82 Å². The molecule has 0 aliphatic rings. The van der Waals surface area contributed by atoms with E-state index >= 15 is 0 Å². The molecule has 0 aliphatic carbocycles. The van der Waals surface area contributed by atoms with Crippen molar-refractivity contribution in [3.8, 4) is 22.6 Å². The average Bonchev–Trinajstić information content (AvgIpc) is 3.20. The Morgan fingerprint density at radius 1 is 0.885 bits per heavy atom. The molecule has 2 N–H and O–H groups in total. The molecule has 0 amide bonds. The monoisotopic (exact) mass is 361 g/mol. The van der Waals surface area contributed by atoms with Gasteiger partial charge in [-0.05, 0) is 42.5 Å². The van der Waals surface area contributed by atoms with E-state index in [9.17, 15) is 17.6 Å². The predicted octanol–water partition coefficient (Wildman–Crippen LogP) is 4.26. The van der Waals surface area contributed by atoms with Crippen LogP contribution >= 0.6 is 0 Å². The number of H-pyrrole nitrogens is 2. The van der Waals surface area contributed by atoms with Crippen LogP contribution < -0.4 is 0 Å². The van der Waals surface area contributed by atoms with Crippen molar-refractivity contribution in [2.75, 3.05) is 0 Å². The molecule has 5 nitrogen and oxygen atoms in total. The molecule has 9 heteroatoms. The minimum Gasteiger partial charge on any atom is -0.277 e. The van der Waals surface area contributed by atoms with Crippen molar-refractivity contribution in [3.63, 3.8) is 0 Å². The van der Waals surface area contributed by atoms with Gasteiger partial charge in [-0.15, -0.1) is 0 Å². The smallest absolute Gasteiger partial charge is 0.277 e. The van der Waals surface area contributed by atoms with Crippen LogP contribution in [-0.4, -0.2) is 31.6 Å². The third kappa shape index (κ3) is 3.15. The summed E-state index contributed by atoms with van der Waals surface area (Å²) in [5, 5.41) is 14.0. The third-order valence-corrected chi connectivity index (χ3v) is 3.84. The highest BCUT2D eigenvalue weighted by Gasteiger charge is 2.29. The van der Waals surface area contributed by atoms with Crippen molar-refractivity contribution in [1.29, 1.82) is 0 Å². The Morgan fingerprint density at radius 2 is 1.62 bits per heavy atom. The van der Waals surface area contributed by atoms with Crippen molar-refractivity contribution in [1.82, 2.24) is 25.4 Å². The van der Waals surface area contributed by atoms with E-state index in [-0.39, 0.29) is 17.5 Å². The molecule has 0 fully saturated rings. The number of fused-ring (bicyclic) bond motifs is 1. The molecule has 2 aromatic carbocycles. The first-order valence-corrected chi connectivity index (χ1v) is 7.61. The summed E-state index contributed by atoms with van der Waals surface area (Å²) in [5.41, 5.74) is 2.60. The lowest BCUT2D eigenvalue weighted by molar-refractivity contribution is -0.128. The Kier molecular flexibility index (Phi) is 3.71. The highest BCUT2D eigenvalue weighted by molar-refractivity contribution is 5.95. The average molecular weight is 361 g/mol. The van der Waals surface area contributed by atoms with E-state index in [2.05, 4.69) is 25.4 Å². The molecule has 0 bridgehead atoms. The maximum absolute atomic E-state index is 13.1. The minimum atomic E-state index is -4.36. The van der Waals surface area contributed by atoms with Crippen LogP contribution in [0.25, 0.3) is 33.5 Å². The van der Waals surface area contributed by atoms with Crippen molar-refractivity contribution in [2.24, 2.45) is 0 Å². The number of nitrogens with zero attached hydrogens (tertiary/aromatic N) is 3. The van der Waals surface area contributed by atoms with Crippen molar-refractivity contribution in [2.45, 2.75) is 12.6 Å². The van der Waals surface area contributed by atoms with Crippen LogP contribution in [0.4, 0.5) is 17.6 Å². The van der Waals surface area contributed by atoms with E-state index in [1.54, 1.807) is 30.3 Å². The standard InChI is InChI=1S/C17H11F4N5/c18-11-4-1-9(2-5-11)15-12-7-10(3-6-13(12)23-25-15)16-22-14(24-26-16)8-17(19,20)21/h1-7H,8H2,(H,23,25)(H,22,24,26). The molecule has 132 valence electrons. The van der Waals surface area contributed by atoms with Gasteiger partial charge in [0.05, 0.1) is 11.2 Å². The SMILES string of the molecule is Fc1ccc(-c2n[nH]c3ccc(-c4n[nH]c(CC(F)(F)F)n4)cc23)cc1. The van der Waals surface area contributed by atoms with Gasteiger partial charge in [-0.3, -0.25) is 10.2 Å². The molecular formula is C17H11F4N5. The predicted molar refractivity (Wildman–Crippen MR) is 86.6 cm³/mol. The second-order valence-electron chi connectivity index (χ2n) is 5.74. The van der Waals surface area contributed by atoms with Crippen LogP contribution in [0.1, 0.15) is 5.82 Å². The molecular weight excluding hydrogens is 350 g/mol. The van der Waals surface area contributed by atoms with Gasteiger partial charge in [-0.1, -0.05) is 0 Å². The summed E-state index contributed by atoms with van der Waals surface area (Å²) >= 11 is 0. The summed E-state index contributed by atoms with van der Waals surface area (Å²) < 4.78 is 50.5. The zero-order valence-electron chi connectivity index (χ0n) is 13.1. The molecule has 0 saturated carbocycles. The Labute approximate surface area is 144 Å². The van der Waals surface area contributed by atoms with E-state index in [0.717, 1.165) is 10.9 Å². The number of hydrogen-bond acceptors (Lipinski definition) is 3. The van der Waals surface area contributed by atoms with Gasteiger partial charge in [-0.25, -0.2) is 9.37 Å². The number of rotatable bonds is 3. The van der Waals surface area contributed by atoms with Crippen LogP contribution in [0, 0.1) is 5.82 Å². The van der Waals surface area contributed by atoms with Gasteiger partial charge < -0.3 is 0 Å². The number of nitrogens with one attached hydrogen (secondary N) is 2. The van der Waals surface area contributed by atoms with Gasteiger partial charge in [0.1, 0.15) is 18.1 Å². The topological polar surface area (TPSA) is 70.2 Å². The van der Waals surface area contributed by atoms with Crippen LogP contribution in [-0.2, 0) is 6.42 Å². The van der Waals surface area contributed by atoms with Crippen molar-refractivity contribution in [3.05, 3.63) is 54.1 Å². The quantitative estimate of drug-likeness (QED) is 0.536. The lowest BCUT2D eigenvalue weighted by atomic mass is 10.1. The highest BCUT2D eigenvalue weighted by atomic mass is 19.4. The number of hydrogen-bond donors (Lipinski definition) is 2. The van der Waals surface area contributed by atoms with Gasteiger partial charge in [-0.2, -0.15) is 23.4 Å². The van der Waals surface area contributed by atoms with E-state index < -0.39 is 12.6 Å². The molecule has 4 aromatic rings. The second kappa shape index (κ2) is 5.94. The van der Waals surface area contributed by atoms with Crippen molar-refractivity contribution >= 4 is 10.9 Å². The van der Waals surface area contributed by atoms with Gasteiger partial charge in [0.2, 0.25) is 0 Å². The molecule has 26 heavy (non-hydrogen) atoms. The van der Waals surface area contributed by atoms with Gasteiger partial charge in [0, 0.05) is 16.5 Å². The molecule has 0 radical (unpaired) electrons. The van der Waals surface area contributed by atoms with Crippen molar-refractivity contribution < 1.29 is 17.6 Å². The number of aromatic nitrogens is 5. The molecule has 2 heterocycles. The molecule has 0 aliphatic heterocycles.